The van der Waals surface area contributed by atoms with Gasteiger partial charge in [0.1, 0.15) is 0 Å². The van der Waals surface area contributed by atoms with Gasteiger partial charge in [-0.3, -0.25) is 0 Å². The zero-order valence-electron chi connectivity index (χ0n) is 22.1. The second kappa shape index (κ2) is 12.9. The van der Waals surface area contributed by atoms with E-state index in [0.29, 0.717) is 13.0 Å². The predicted molar refractivity (Wildman–Crippen MR) is 173 cm³/mol. The smallest absolute Gasteiger partial charge is 0.219 e. The fourth-order valence-corrected chi connectivity index (χ4v) is 5.14. The Labute approximate surface area is 252 Å². The SMILES string of the molecule is CN(CCC#N)c1ccc(/C=C/c2cc(-c3ccc(Br)cc3)cc(-c3ccc(Br)cc3)[n+]2-c2ccccc2)cc1. The third-order valence-electron chi connectivity index (χ3n) is 6.77. The van der Waals surface area contributed by atoms with Gasteiger partial charge in [-0.15, -0.1) is 0 Å². The van der Waals surface area contributed by atoms with Gasteiger partial charge in [-0.25, -0.2) is 0 Å². The van der Waals surface area contributed by atoms with Crippen LogP contribution in [0.25, 0.3) is 40.2 Å². The molecule has 4 aromatic carbocycles. The lowest BCUT2D eigenvalue weighted by atomic mass is 10.0. The number of halogens is 2. The molecule has 40 heavy (non-hydrogen) atoms. The van der Waals surface area contributed by atoms with E-state index in [1.807, 2.05) is 13.1 Å². The lowest BCUT2D eigenvalue weighted by Gasteiger charge is -2.17. The lowest BCUT2D eigenvalue weighted by Crippen LogP contribution is -2.37. The van der Waals surface area contributed by atoms with Crippen LogP contribution in [0.2, 0.25) is 0 Å². The summed E-state index contributed by atoms with van der Waals surface area (Å²) in [6.45, 7) is 0.713. The number of anilines is 1. The largest absolute Gasteiger partial charge is 0.374 e. The molecule has 5 heteroatoms. The van der Waals surface area contributed by atoms with Crippen molar-refractivity contribution in [2.45, 2.75) is 6.42 Å². The molecule has 196 valence electrons. The number of rotatable bonds is 8. The Morgan fingerprint density at radius 2 is 1.35 bits per heavy atom. The number of nitriles is 1. The number of hydrogen-bond acceptors (Lipinski definition) is 2. The summed E-state index contributed by atoms with van der Waals surface area (Å²) in [5.74, 6) is 0. The van der Waals surface area contributed by atoms with Crippen molar-refractivity contribution in [2.24, 2.45) is 0 Å². The predicted octanol–water partition coefficient (Wildman–Crippen LogP) is 9.34. The van der Waals surface area contributed by atoms with Crippen LogP contribution in [0.4, 0.5) is 5.69 Å². The third kappa shape index (κ3) is 6.59. The summed E-state index contributed by atoms with van der Waals surface area (Å²) < 4.78 is 4.42. The van der Waals surface area contributed by atoms with Gasteiger partial charge < -0.3 is 4.90 Å². The first-order valence-electron chi connectivity index (χ1n) is 13.1. The number of para-hydroxylation sites is 1. The molecule has 1 heterocycles. The number of hydrogen-bond donors (Lipinski definition) is 0. The van der Waals surface area contributed by atoms with E-state index in [4.69, 9.17) is 5.26 Å². The Morgan fingerprint density at radius 3 is 1.98 bits per heavy atom. The van der Waals surface area contributed by atoms with Crippen LogP contribution in [0.15, 0.2) is 124 Å². The minimum Gasteiger partial charge on any atom is -0.374 e. The summed E-state index contributed by atoms with van der Waals surface area (Å²) in [6.07, 6.45) is 4.85. The third-order valence-corrected chi connectivity index (χ3v) is 7.82. The zero-order chi connectivity index (χ0) is 27.9. The average Bonchev–Trinajstić information content (AvgIpc) is 3.00. The highest BCUT2D eigenvalue weighted by Gasteiger charge is 2.22. The van der Waals surface area contributed by atoms with E-state index in [2.05, 4.69) is 169 Å². The molecule has 1 aromatic heterocycles. The molecule has 0 atom stereocenters. The summed E-state index contributed by atoms with van der Waals surface area (Å²) in [5, 5.41) is 8.91. The van der Waals surface area contributed by atoms with E-state index in [1.54, 1.807) is 0 Å². The van der Waals surface area contributed by atoms with Gasteiger partial charge in [0.15, 0.2) is 0 Å². The molecular formula is C35H28Br2N3+. The minimum absolute atomic E-state index is 0.507. The van der Waals surface area contributed by atoms with Crippen molar-refractivity contribution in [3.05, 3.63) is 135 Å². The van der Waals surface area contributed by atoms with Crippen molar-refractivity contribution < 1.29 is 4.57 Å². The second-order valence-electron chi connectivity index (χ2n) is 9.49. The van der Waals surface area contributed by atoms with Gasteiger partial charge >= 0.3 is 0 Å². The molecule has 0 bridgehead atoms. The highest BCUT2D eigenvalue weighted by atomic mass is 79.9. The van der Waals surface area contributed by atoms with Crippen molar-refractivity contribution in [3.8, 4) is 34.1 Å². The normalized spacial score (nSPS) is 10.9. The van der Waals surface area contributed by atoms with Crippen molar-refractivity contribution >= 4 is 49.7 Å². The molecule has 3 nitrogen and oxygen atoms in total. The Hall–Kier alpha value is -3.98. The summed E-state index contributed by atoms with van der Waals surface area (Å²) in [5.41, 5.74) is 8.90. The van der Waals surface area contributed by atoms with Crippen LogP contribution in [0.5, 0.6) is 0 Å². The average molecular weight is 650 g/mol. The molecular weight excluding hydrogens is 622 g/mol. The summed E-state index contributed by atoms with van der Waals surface area (Å²) >= 11 is 7.16. The molecule has 0 spiro atoms. The van der Waals surface area contributed by atoms with Crippen molar-refractivity contribution in [1.82, 2.24) is 0 Å². The highest BCUT2D eigenvalue weighted by molar-refractivity contribution is 9.10. The van der Waals surface area contributed by atoms with Gasteiger partial charge in [0.25, 0.3) is 0 Å². The minimum atomic E-state index is 0.507. The van der Waals surface area contributed by atoms with Gasteiger partial charge in [0, 0.05) is 64.1 Å². The summed E-state index contributed by atoms with van der Waals surface area (Å²) in [6, 6.07) is 42.6. The summed E-state index contributed by atoms with van der Waals surface area (Å²) in [7, 11) is 2.02. The van der Waals surface area contributed by atoms with Crippen molar-refractivity contribution in [3.63, 3.8) is 0 Å². The molecule has 0 aliphatic carbocycles. The van der Waals surface area contributed by atoms with E-state index >= 15 is 0 Å². The van der Waals surface area contributed by atoms with Crippen LogP contribution < -0.4 is 9.47 Å². The quantitative estimate of drug-likeness (QED) is 0.157. The van der Waals surface area contributed by atoms with Gasteiger partial charge in [0.05, 0.1) is 12.5 Å². The van der Waals surface area contributed by atoms with Crippen LogP contribution in [0.3, 0.4) is 0 Å². The number of aromatic nitrogens is 1. The Bertz CT molecular complexity index is 1650. The zero-order valence-corrected chi connectivity index (χ0v) is 25.3. The number of benzene rings is 4. The van der Waals surface area contributed by atoms with E-state index in [-0.39, 0.29) is 0 Å². The molecule has 0 aliphatic rings. The molecule has 0 fully saturated rings. The first kappa shape index (κ1) is 27.6. The molecule has 0 unspecified atom stereocenters. The van der Waals surface area contributed by atoms with Crippen LogP contribution in [-0.2, 0) is 0 Å². The van der Waals surface area contributed by atoms with E-state index in [1.165, 1.54) is 0 Å². The highest BCUT2D eigenvalue weighted by Crippen LogP contribution is 2.29. The Kier molecular flexibility index (Phi) is 8.91. The van der Waals surface area contributed by atoms with Crippen LogP contribution in [0, 0.1) is 11.3 Å². The van der Waals surface area contributed by atoms with Gasteiger partial charge in [-0.2, -0.15) is 9.83 Å². The van der Waals surface area contributed by atoms with Crippen LogP contribution >= 0.6 is 31.9 Å². The van der Waals surface area contributed by atoms with Crippen molar-refractivity contribution in [1.29, 1.82) is 5.26 Å². The standard InChI is InChI=1S/C35H28Br2N3/c1-39(23-5-22-38)32-19-8-26(9-20-32)10-21-34-24-29(27-11-15-30(36)16-12-27)25-35(28-13-17-31(37)18-14-28)40(34)33-6-3-2-4-7-33/h2-4,6-21,24-25H,5,23H2,1H3/q+1. The second-order valence-corrected chi connectivity index (χ2v) is 11.3. The first-order valence-corrected chi connectivity index (χ1v) is 14.6. The molecule has 0 aliphatic heterocycles. The topological polar surface area (TPSA) is 30.9 Å². The van der Waals surface area contributed by atoms with Crippen LogP contribution in [0.1, 0.15) is 17.7 Å². The maximum absolute atomic E-state index is 8.91. The molecule has 0 saturated heterocycles. The first-order chi connectivity index (χ1) is 19.5. The van der Waals surface area contributed by atoms with Gasteiger partial charge in [-0.05, 0) is 71.3 Å². The van der Waals surface area contributed by atoms with E-state index in [0.717, 1.165) is 54.0 Å². The molecule has 0 saturated carbocycles. The number of pyridine rings is 1. The van der Waals surface area contributed by atoms with Gasteiger partial charge in [-0.1, -0.05) is 74.3 Å². The monoisotopic (exact) mass is 648 g/mol. The fourth-order valence-electron chi connectivity index (χ4n) is 4.61. The maximum Gasteiger partial charge on any atom is 0.219 e. The fraction of sp³-hybridized carbons (Fsp3) is 0.0857. The van der Waals surface area contributed by atoms with E-state index < -0.39 is 0 Å². The molecule has 0 amide bonds. The summed E-state index contributed by atoms with van der Waals surface area (Å²) in [4.78, 5) is 2.10. The lowest BCUT2D eigenvalue weighted by molar-refractivity contribution is -0.585. The number of nitrogens with zero attached hydrogens (tertiary/aromatic N) is 3. The molecule has 0 radical (unpaired) electrons. The maximum atomic E-state index is 8.91. The Morgan fingerprint density at radius 1 is 0.725 bits per heavy atom. The van der Waals surface area contributed by atoms with Crippen molar-refractivity contribution in [2.75, 3.05) is 18.5 Å². The van der Waals surface area contributed by atoms with Crippen LogP contribution in [-0.4, -0.2) is 13.6 Å². The molecule has 5 aromatic rings. The van der Waals surface area contributed by atoms with Gasteiger partial charge in [0.2, 0.25) is 17.1 Å². The van der Waals surface area contributed by atoms with E-state index in [9.17, 15) is 0 Å². The molecule has 5 rings (SSSR count). The molecule has 0 N–H and O–H groups in total. The Balaban J connectivity index is 1.64.